The van der Waals surface area contributed by atoms with Crippen LogP contribution >= 0.6 is 0 Å². The van der Waals surface area contributed by atoms with E-state index in [2.05, 4.69) is 6.58 Å². The lowest BCUT2D eigenvalue weighted by molar-refractivity contribution is -0.116. The molecule has 0 spiro atoms. The molecule has 1 fully saturated rings. The van der Waals surface area contributed by atoms with Crippen molar-refractivity contribution < 1.29 is 9.53 Å². The Hall–Kier alpha value is -1.03. The molecule has 2 N–H and O–H groups in total. The molecule has 0 aromatic rings. The maximum Gasteiger partial charge on any atom is 0.264 e. The predicted octanol–water partition coefficient (Wildman–Crippen LogP) is -0.682. The first kappa shape index (κ1) is 8.07. The van der Waals surface area contributed by atoms with Gasteiger partial charge in [-0.2, -0.15) is 0 Å². The number of ether oxygens (including phenoxy) is 1. The van der Waals surface area contributed by atoms with Gasteiger partial charge in [-0.15, -0.1) is 0 Å². The third-order valence-electron chi connectivity index (χ3n) is 1.68. The molecule has 0 saturated carbocycles. The number of nitrogens with two attached hydrogens (primary N) is 1. The Bertz CT molecular complexity index is 173. The zero-order valence-corrected chi connectivity index (χ0v) is 6.38. The van der Waals surface area contributed by atoms with E-state index in [9.17, 15) is 4.79 Å². The van der Waals surface area contributed by atoms with Crippen LogP contribution in [0.5, 0.6) is 0 Å². The number of primary amides is 1. The van der Waals surface area contributed by atoms with Crippen LogP contribution in [-0.2, 0) is 9.53 Å². The number of carbonyl (C=O) groups excluding carboxylic acids is 1. The van der Waals surface area contributed by atoms with E-state index in [1.165, 1.54) is 0 Å². The average molecular weight is 156 g/mol. The summed E-state index contributed by atoms with van der Waals surface area (Å²) in [6, 6.07) is 0. The van der Waals surface area contributed by atoms with Gasteiger partial charge in [-0.3, -0.25) is 4.79 Å². The number of rotatable bonds is 2. The number of hydrogen-bond donors (Lipinski definition) is 1. The second-order valence-electron chi connectivity index (χ2n) is 2.41. The summed E-state index contributed by atoms with van der Waals surface area (Å²) in [5.41, 5.74) is 5.43. The summed E-state index contributed by atoms with van der Waals surface area (Å²) in [5, 5.41) is 0. The number of carbonyl (C=O) groups is 1. The average Bonchev–Trinajstić information content (AvgIpc) is 2.05. The van der Waals surface area contributed by atoms with E-state index in [0.29, 0.717) is 32.0 Å². The number of amides is 1. The highest BCUT2D eigenvalue weighted by atomic mass is 16.5. The molecular formula is C7H12N2O2. The molecule has 11 heavy (non-hydrogen) atoms. The molecule has 1 aliphatic rings. The third-order valence-corrected chi connectivity index (χ3v) is 1.68. The maximum atomic E-state index is 10.6. The van der Waals surface area contributed by atoms with E-state index in [-0.39, 0.29) is 0 Å². The quantitative estimate of drug-likeness (QED) is 0.539. The summed E-state index contributed by atoms with van der Waals surface area (Å²) < 4.78 is 5.09. The summed E-state index contributed by atoms with van der Waals surface area (Å²) in [6.07, 6.45) is 0. The van der Waals surface area contributed by atoms with Crippen LogP contribution < -0.4 is 5.73 Å². The van der Waals surface area contributed by atoms with Gasteiger partial charge in [0.1, 0.15) is 0 Å². The van der Waals surface area contributed by atoms with Crippen LogP contribution in [0.2, 0.25) is 0 Å². The second kappa shape index (κ2) is 3.39. The van der Waals surface area contributed by atoms with Crippen LogP contribution in [0.3, 0.4) is 0 Å². The molecular weight excluding hydrogens is 144 g/mol. The molecule has 1 heterocycles. The van der Waals surface area contributed by atoms with Gasteiger partial charge in [0.05, 0.1) is 18.9 Å². The van der Waals surface area contributed by atoms with Crippen molar-refractivity contribution in [1.29, 1.82) is 0 Å². The summed E-state index contributed by atoms with van der Waals surface area (Å²) in [6.45, 7) is 6.28. The largest absolute Gasteiger partial charge is 0.378 e. The molecule has 0 aromatic heterocycles. The van der Waals surface area contributed by atoms with E-state index in [1.54, 1.807) is 0 Å². The molecule has 0 unspecified atom stereocenters. The molecule has 62 valence electrons. The lowest BCUT2D eigenvalue weighted by Gasteiger charge is -2.28. The summed E-state index contributed by atoms with van der Waals surface area (Å²) in [5.74, 6) is -0.452. The van der Waals surface area contributed by atoms with Gasteiger partial charge in [0, 0.05) is 13.1 Å². The Morgan fingerprint density at radius 1 is 1.45 bits per heavy atom. The Morgan fingerprint density at radius 2 is 2.00 bits per heavy atom. The van der Waals surface area contributed by atoms with Gasteiger partial charge in [-0.1, -0.05) is 6.58 Å². The monoisotopic (exact) mass is 156 g/mol. The van der Waals surface area contributed by atoms with Crippen LogP contribution in [0.1, 0.15) is 0 Å². The van der Waals surface area contributed by atoms with Gasteiger partial charge in [0.25, 0.3) is 5.91 Å². The minimum Gasteiger partial charge on any atom is -0.378 e. The lowest BCUT2D eigenvalue weighted by Crippen LogP contribution is -2.39. The summed E-state index contributed by atoms with van der Waals surface area (Å²) in [7, 11) is 0. The van der Waals surface area contributed by atoms with Crippen molar-refractivity contribution in [3.05, 3.63) is 12.3 Å². The highest BCUT2D eigenvalue weighted by Crippen LogP contribution is 2.03. The molecule has 0 radical (unpaired) electrons. The predicted molar refractivity (Wildman–Crippen MR) is 40.7 cm³/mol. The van der Waals surface area contributed by atoms with E-state index >= 15 is 0 Å². The summed E-state index contributed by atoms with van der Waals surface area (Å²) in [4.78, 5) is 12.5. The molecule has 1 aliphatic heterocycles. The molecule has 1 rings (SSSR count). The van der Waals surface area contributed by atoms with Crippen LogP contribution in [0.4, 0.5) is 0 Å². The third kappa shape index (κ3) is 1.94. The minimum absolute atomic E-state index is 0.383. The molecule has 0 atom stereocenters. The minimum atomic E-state index is -0.452. The Balaban J connectivity index is 2.45. The van der Waals surface area contributed by atoms with Gasteiger partial charge < -0.3 is 15.4 Å². The van der Waals surface area contributed by atoms with Gasteiger partial charge in [0.2, 0.25) is 0 Å². The van der Waals surface area contributed by atoms with Crippen LogP contribution in [0.15, 0.2) is 12.3 Å². The number of hydrogen-bond acceptors (Lipinski definition) is 3. The fourth-order valence-corrected chi connectivity index (χ4v) is 0.989. The van der Waals surface area contributed by atoms with Gasteiger partial charge in [-0.05, 0) is 0 Å². The maximum absolute atomic E-state index is 10.6. The Morgan fingerprint density at radius 3 is 2.45 bits per heavy atom. The molecule has 0 aromatic carbocycles. The molecule has 0 bridgehead atoms. The van der Waals surface area contributed by atoms with Gasteiger partial charge in [-0.25, -0.2) is 0 Å². The molecule has 1 amide bonds. The highest BCUT2D eigenvalue weighted by Gasteiger charge is 2.14. The zero-order chi connectivity index (χ0) is 8.27. The zero-order valence-electron chi connectivity index (χ0n) is 6.38. The van der Waals surface area contributed by atoms with Crippen molar-refractivity contribution in [2.24, 2.45) is 5.73 Å². The van der Waals surface area contributed by atoms with Gasteiger partial charge in [0.15, 0.2) is 0 Å². The second-order valence-corrected chi connectivity index (χ2v) is 2.41. The fraction of sp³-hybridized carbons (Fsp3) is 0.571. The SMILES string of the molecule is C=C(C(N)=O)N1CCOCC1. The van der Waals surface area contributed by atoms with Crippen molar-refractivity contribution in [3.8, 4) is 0 Å². The molecule has 4 heteroatoms. The standard InChI is InChI=1S/C7H12N2O2/c1-6(7(8)10)9-2-4-11-5-3-9/h1-5H2,(H2,8,10). The number of nitrogens with zero attached hydrogens (tertiary/aromatic N) is 1. The topological polar surface area (TPSA) is 55.6 Å². The van der Waals surface area contributed by atoms with Crippen molar-refractivity contribution >= 4 is 5.91 Å². The van der Waals surface area contributed by atoms with E-state index in [4.69, 9.17) is 10.5 Å². The van der Waals surface area contributed by atoms with Crippen molar-refractivity contribution in [2.75, 3.05) is 26.3 Å². The van der Waals surface area contributed by atoms with E-state index < -0.39 is 5.91 Å². The first-order valence-corrected chi connectivity index (χ1v) is 3.53. The van der Waals surface area contributed by atoms with Crippen molar-refractivity contribution in [3.63, 3.8) is 0 Å². The first-order valence-electron chi connectivity index (χ1n) is 3.53. The van der Waals surface area contributed by atoms with Crippen LogP contribution in [0, 0.1) is 0 Å². The fourth-order valence-electron chi connectivity index (χ4n) is 0.989. The Labute approximate surface area is 65.6 Å². The molecule has 0 aliphatic carbocycles. The summed E-state index contributed by atoms with van der Waals surface area (Å²) >= 11 is 0. The lowest BCUT2D eigenvalue weighted by atomic mass is 10.3. The van der Waals surface area contributed by atoms with E-state index in [1.807, 2.05) is 4.90 Å². The van der Waals surface area contributed by atoms with Crippen LogP contribution in [-0.4, -0.2) is 37.1 Å². The number of morpholine rings is 1. The molecule has 4 nitrogen and oxygen atoms in total. The molecule has 1 saturated heterocycles. The van der Waals surface area contributed by atoms with Gasteiger partial charge >= 0.3 is 0 Å². The van der Waals surface area contributed by atoms with Crippen molar-refractivity contribution in [1.82, 2.24) is 4.90 Å². The van der Waals surface area contributed by atoms with E-state index in [0.717, 1.165) is 0 Å². The first-order chi connectivity index (χ1) is 5.22. The van der Waals surface area contributed by atoms with Crippen LogP contribution in [0.25, 0.3) is 0 Å². The van der Waals surface area contributed by atoms with Crippen molar-refractivity contribution in [2.45, 2.75) is 0 Å². The Kier molecular flexibility index (Phi) is 2.48. The normalized spacial score (nSPS) is 18.0. The smallest absolute Gasteiger partial charge is 0.264 e. The highest BCUT2D eigenvalue weighted by molar-refractivity contribution is 5.90.